The lowest BCUT2D eigenvalue weighted by atomic mass is 10.1. The lowest BCUT2D eigenvalue weighted by Crippen LogP contribution is -2.49. The van der Waals surface area contributed by atoms with Crippen LogP contribution in [0.25, 0.3) is 0 Å². The summed E-state index contributed by atoms with van der Waals surface area (Å²) in [6.45, 7) is 5.30. The van der Waals surface area contributed by atoms with Crippen LogP contribution in [0, 0.1) is 17.1 Å². The second-order valence-electron chi connectivity index (χ2n) is 7.59. The molecule has 0 saturated carbocycles. The number of anilines is 1. The molecule has 170 valence electrons. The Hall–Kier alpha value is -3.16. The molecule has 8 nitrogen and oxygen atoms in total. The third kappa shape index (κ3) is 5.00. The zero-order valence-electron chi connectivity index (χ0n) is 18.1. The Morgan fingerprint density at radius 1 is 1.16 bits per heavy atom. The second-order valence-corrected chi connectivity index (χ2v) is 9.47. The van der Waals surface area contributed by atoms with Crippen molar-refractivity contribution in [2.75, 3.05) is 38.1 Å². The zero-order valence-corrected chi connectivity index (χ0v) is 18.9. The van der Waals surface area contributed by atoms with Crippen molar-refractivity contribution in [3.05, 3.63) is 53.3 Å². The van der Waals surface area contributed by atoms with Gasteiger partial charge in [-0.15, -0.1) is 0 Å². The van der Waals surface area contributed by atoms with Crippen molar-refractivity contribution in [3.8, 4) is 11.8 Å². The van der Waals surface area contributed by atoms with Crippen molar-refractivity contribution in [1.82, 2.24) is 9.62 Å². The predicted molar refractivity (Wildman–Crippen MR) is 118 cm³/mol. The van der Waals surface area contributed by atoms with Gasteiger partial charge in [-0.1, -0.05) is 0 Å². The molecule has 1 saturated heterocycles. The Balaban J connectivity index is 1.81. The summed E-state index contributed by atoms with van der Waals surface area (Å²) in [5, 5.41) is 8.89. The van der Waals surface area contributed by atoms with Crippen molar-refractivity contribution < 1.29 is 22.3 Å². The quantitative estimate of drug-likeness (QED) is 0.710. The highest BCUT2D eigenvalue weighted by molar-refractivity contribution is 7.89. The molecule has 10 heteroatoms. The molecule has 2 aromatic rings. The van der Waals surface area contributed by atoms with Crippen LogP contribution in [0.1, 0.15) is 29.8 Å². The lowest BCUT2D eigenvalue weighted by Gasteiger charge is -2.36. The number of benzene rings is 2. The number of nitrogens with one attached hydrogen (secondary N) is 1. The van der Waals surface area contributed by atoms with Crippen LogP contribution < -0.4 is 14.4 Å². The first-order chi connectivity index (χ1) is 15.2. The van der Waals surface area contributed by atoms with E-state index in [4.69, 9.17) is 10.00 Å². The summed E-state index contributed by atoms with van der Waals surface area (Å²) in [5.41, 5.74) is 0.795. The third-order valence-electron chi connectivity index (χ3n) is 5.13. The summed E-state index contributed by atoms with van der Waals surface area (Å²) < 4.78 is 46.4. The largest absolute Gasteiger partial charge is 0.490 e. The number of halogens is 1. The molecule has 2 aromatic carbocycles. The Morgan fingerprint density at radius 2 is 1.84 bits per heavy atom. The average molecular weight is 461 g/mol. The maximum atomic E-state index is 14.0. The molecule has 1 amide bonds. The highest BCUT2D eigenvalue weighted by atomic mass is 32.2. The van der Waals surface area contributed by atoms with Crippen LogP contribution in [0.15, 0.2) is 41.3 Å². The molecule has 0 spiro atoms. The van der Waals surface area contributed by atoms with Crippen LogP contribution >= 0.6 is 0 Å². The monoisotopic (exact) mass is 460 g/mol. The number of sulfonamides is 1. The molecule has 0 radical (unpaired) electrons. The Kier molecular flexibility index (Phi) is 7.01. The van der Waals surface area contributed by atoms with Gasteiger partial charge in [0.2, 0.25) is 10.0 Å². The molecule has 0 aromatic heterocycles. The fourth-order valence-electron chi connectivity index (χ4n) is 3.45. The zero-order chi connectivity index (χ0) is 23.5. The predicted octanol–water partition coefficient (Wildman–Crippen LogP) is 2.36. The number of hydrogen-bond donors (Lipinski definition) is 1. The Labute approximate surface area is 187 Å². The maximum absolute atomic E-state index is 14.0. The van der Waals surface area contributed by atoms with E-state index < -0.39 is 15.8 Å². The van der Waals surface area contributed by atoms with Gasteiger partial charge in [0.15, 0.2) is 0 Å². The molecule has 0 bridgehead atoms. The smallest absolute Gasteiger partial charge is 0.257 e. The summed E-state index contributed by atoms with van der Waals surface area (Å²) in [6, 6.07) is 10.5. The van der Waals surface area contributed by atoms with Crippen molar-refractivity contribution in [3.63, 3.8) is 0 Å². The summed E-state index contributed by atoms with van der Waals surface area (Å²) in [4.78, 5) is 16.8. The van der Waals surface area contributed by atoms with Gasteiger partial charge in [-0.25, -0.2) is 17.5 Å². The van der Waals surface area contributed by atoms with E-state index in [0.717, 1.165) is 0 Å². The molecule has 1 fully saturated rings. The van der Waals surface area contributed by atoms with Gasteiger partial charge in [0.05, 0.1) is 22.1 Å². The number of ether oxygens (including phenoxy) is 1. The number of nitriles is 1. The van der Waals surface area contributed by atoms with Crippen molar-refractivity contribution in [2.45, 2.75) is 24.8 Å². The topological polar surface area (TPSA) is 103 Å². The Morgan fingerprint density at radius 3 is 2.41 bits per heavy atom. The van der Waals surface area contributed by atoms with E-state index in [9.17, 15) is 17.6 Å². The molecule has 3 rings (SSSR count). The van der Waals surface area contributed by atoms with Gasteiger partial charge in [0, 0.05) is 31.9 Å². The van der Waals surface area contributed by atoms with Gasteiger partial charge in [0.1, 0.15) is 17.6 Å². The highest BCUT2D eigenvalue weighted by Crippen LogP contribution is 2.27. The van der Waals surface area contributed by atoms with Crippen molar-refractivity contribution in [2.24, 2.45) is 0 Å². The molecule has 1 N–H and O–H groups in total. The fraction of sp³-hybridized carbons (Fsp3) is 0.364. The first kappa shape index (κ1) is 23.5. The van der Waals surface area contributed by atoms with E-state index in [0.29, 0.717) is 37.6 Å². The molecule has 1 aliphatic heterocycles. The SMILES string of the molecule is CNS(=O)(=O)c1ccc(OC(C)C)c(C(=O)N2CCN(c3ccc(C#N)c(F)c3)CC2)c1. The molecule has 0 unspecified atom stereocenters. The minimum Gasteiger partial charge on any atom is -0.490 e. The van der Waals surface area contributed by atoms with Gasteiger partial charge < -0.3 is 14.5 Å². The average Bonchev–Trinajstić information content (AvgIpc) is 2.78. The van der Waals surface area contributed by atoms with Crippen LogP contribution in [-0.2, 0) is 10.0 Å². The lowest BCUT2D eigenvalue weighted by molar-refractivity contribution is 0.0740. The molecular weight excluding hydrogens is 435 g/mol. The van der Waals surface area contributed by atoms with E-state index in [2.05, 4.69) is 4.72 Å². The summed E-state index contributed by atoms with van der Waals surface area (Å²) in [6.07, 6.45) is -0.198. The summed E-state index contributed by atoms with van der Waals surface area (Å²) in [5.74, 6) is -0.599. The maximum Gasteiger partial charge on any atom is 0.257 e. The summed E-state index contributed by atoms with van der Waals surface area (Å²) in [7, 11) is -2.42. The van der Waals surface area contributed by atoms with E-state index in [1.807, 2.05) is 18.7 Å². The molecule has 0 aliphatic carbocycles. The van der Waals surface area contributed by atoms with Crippen LogP contribution in [0.2, 0.25) is 0 Å². The molecule has 1 aliphatic rings. The number of piperazine rings is 1. The van der Waals surface area contributed by atoms with Crippen molar-refractivity contribution >= 4 is 21.6 Å². The van der Waals surface area contributed by atoms with Crippen LogP contribution in [0.3, 0.4) is 0 Å². The van der Waals surface area contributed by atoms with E-state index in [1.54, 1.807) is 17.0 Å². The first-order valence-corrected chi connectivity index (χ1v) is 11.6. The molecule has 1 heterocycles. The molecule has 0 atom stereocenters. The number of carbonyl (C=O) groups is 1. The van der Waals surface area contributed by atoms with Crippen LogP contribution in [0.4, 0.5) is 10.1 Å². The number of amides is 1. The minimum atomic E-state index is -3.73. The highest BCUT2D eigenvalue weighted by Gasteiger charge is 2.27. The van der Waals surface area contributed by atoms with Crippen LogP contribution in [-0.4, -0.2) is 58.6 Å². The second kappa shape index (κ2) is 9.54. The van der Waals surface area contributed by atoms with E-state index >= 15 is 0 Å². The van der Waals surface area contributed by atoms with E-state index in [-0.39, 0.29) is 28.0 Å². The first-order valence-electron chi connectivity index (χ1n) is 10.1. The number of nitrogens with zero attached hydrogens (tertiary/aromatic N) is 3. The molecular formula is C22H25FN4O4S. The normalized spacial score (nSPS) is 14.4. The van der Waals surface area contributed by atoms with Gasteiger partial charge in [0.25, 0.3) is 5.91 Å². The standard InChI is InChI=1S/C22H25FN4O4S/c1-15(2)31-21-7-6-18(32(29,30)25-3)13-19(21)22(28)27-10-8-26(9-11-27)17-5-4-16(14-24)20(23)12-17/h4-7,12-13,15,25H,8-11H2,1-3H3. The number of hydrogen-bond acceptors (Lipinski definition) is 6. The van der Waals surface area contributed by atoms with Crippen molar-refractivity contribution in [1.29, 1.82) is 5.26 Å². The van der Waals surface area contributed by atoms with Gasteiger partial charge in [-0.05, 0) is 57.3 Å². The number of rotatable bonds is 6. The Bertz CT molecular complexity index is 1150. The van der Waals surface area contributed by atoms with E-state index in [1.165, 1.54) is 37.4 Å². The summed E-state index contributed by atoms with van der Waals surface area (Å²) >= 11 is 0. The van der Waals surface area contributed by atoms with Crippen LogP contribution in [0.5, 0.6) is 5.75 Å². The number of carbonyl (C=O) groups excluding carboxylic acids is 1. The molecule has 32 heavy (non-hydrogen) atoms. The van der Waals surface area contributed by atoms with Gasteiger partial charge in [-0.3, -0.25) is 4.79 Å². The fourth-order valence-corrected chi connectivity index (χ4v) is 4.20. The minimum absolute atomic E-state index is 0.0170. The third-order valence-corrected chi connectivity index (χ3v) is 6.54. The van der Waals surface area contributed by atoms with Gasteiger partial charge >= 0.3 is 0 Å². The van der Waals surface area contributed by atoms with Gasteiger partial charge in [-0.2, -0.15) is 5.26 Å².